The van der Waals surface area contributed by atoms with Crippen molar-refractivity contribution in [3.63, 3.8) is 0 Å². The van der Waals surface area contributed by atoms with E-state index in [1.54, 1.807) is 35.3 Å². The Morgan fingerprint density at radius 3 is 2.27 bits per heavy atom. The van der Waals surface area contributed by atoms with Gasteiger partial charge < -0.3 is 5.11 Å². The number of nitrogens with zero attached hydrogens (tertiary/aromatic N) is 2. The first-order chi connectivity index (χ1) is 10.7. The average molecular weight is 311 g/mol. The van der Waals surface area contributed by atoms with Crippen molar-refractivity contribution in [3.05, 3.63) is 95.3 Å². The Kier molecular flexibility index (Phi) is 3.84. The smallest absolute Gasteiger partial charge is 0.157 e. The van der Waals surface area contributed by atoms with Crippen molar-refractivity contribution in [2.24, 2.45) is 0 Å². The maximum atomic E-state index is 11.6. The topological polar surface area (TPSA) is 38.0 Å². The molecule has 0 aliphatic carbocycles. The summed E-state index contributed by atoms with van der Waals surface area (Å²) in [5.41, 5.74) is 0.750. The van der Waals surface area contributed by atoms with Crippen molar-refractivity contribution < 1.29 is 5.11 Å². The Labute approximate surface area is 134 Å². The van der Waals surface area contributed by atoms with Crippen molar-refractivity contribution in [1.29, 1.82) is 0 Å². The highest BCUT2D eigenvalue weighted by atomic mass is 35.5. The minimum absolute atomic E-state index is 0.621. The van der Waals surface area contributed by atoms with Crippen LogP contribution in [0.25, 0.3) is 6.20 Å². The SMILES string of the molecule is C=Cn1nccc1C(O)(c1ccccc1)c1ccc(Cl)cc1. The Hall–Kier alpha value is -2.36. The molecular formula is C18H15ClN2O. The lowest BCUT2D eigenvalue weighted by molar-refractivity contribution is 0.118. The maximum absolute atomic E-state index is 11.6. The van der Waals surface area contributed by atoms with E-state index < -0.39 is 5.60 Å². The van der Waals surface area contributed by atoms with Crippen LogP contribution in [0.15, 0.2) is 73.4 Å². The molecule has 2 aromatic carbocycles. The van der Waals surface area contributed by atoms with E-state index in [0.717, 1.165) is 5.56 Å². The third-order valence-corrected chi connectivity index (χ3v) is 3.92. The highest BCUT2D eigenvalue weighted by molar-refractivity contribution is 6.30. The maximum Gasteiger partial charge on any atom is 0.157 e. The van der Waals surface area contributed by atoms with Gasteiger partial charge in [-0.2, -0.15) is 5.10 Å². The molecule has 110 valence electrons. The Morgan fingerprint density at radius 1 is 1.00 bits per heavy atom. The summed E-state index contributed by atoms with van der Waals surface area (Å²) in [6.45, 7) is 3.75. The number of halogens is 1. The summed E-state index contributed by atoms with van der Waals surface area (Å²) in [5.74, 6) is 0. The lowest BCUT2D eigenvalue weighted by Crippen LogP contribution is -2.31. The monoisotopic (exact) mass is 310 g/mol. The molecule has 1 unspecified atom stereocenters. The molecule has 1 atom stereocenters. The number of aliphatic hydroxyl groups is 1. The summed E-state index contributed by atoms with van der Waals surface area (Å²) in [6.07, 6.45) is 3.21. The fraction of sp³-hybridized carbons (Fsp3) is 0.0556. The van der Waals surface area contributed by atoms with Gasteiger partial charge in [-0.3, -0.25) is 0 Å². The molecule has 1 heterocycles. The molecule has 0 bridgehead atoms. The molecule has 3 aromatic rings. The van der Waals surface area contributed by atoms with Gasteiger partial charge in [-0.1, -0.05) is 60.6 Å². The summed E-state index contributed by atoms with van der Waals surface area (Å²) in [7, 11) is 0. The molecule has 0 aliphatic heterocycles. The van der Waals surface area contributed by atoms with Crippen molar-refractivity contribution in [1.82, 2.24) is 9.78 Å². The second kappa shape index (κ2) is 5.79. The number of hydrogen-bond donors (Lipinski definition) is 1. The molecular weight excluding hydrogens is 296 g/mol. The van der Waals surface area contributed by atoms with E-state index in [9.17, 15) is 5.11 Å². The van der Waals surface area contributed by atoms with E-state index in [1.165, 1.54) is 0 Å². The molecule has 3 nitrogen and oxygen atoms in total. The summed E-state index contributed by atoms with van der Waals surface area (Å²) in [6, 6.07) is 18.4. The first-order valence-electron chi connectivity index (χ1n) is 6.86. The molecule has 1 N–H and O–H groups in total. The predicted molar refractivity (Wildman–Crippen MR) is 88.6 cm³/mol. The lowest BCUT2D eigenvalue weighted by atomic mass is 9.83. The Bertz CT molecular complexity index is 780. The van der Waals surface area contributed by atoms with E-state index in [2.05, 4.69) is 11.7 Å². The van der Waals surface area contributed by atoms with Crippen LogP contribution in [0.3, 0.4) is 0 Å². The third kappa shape index (κ3) is 2.34. The first-order valence-corrected chi connectivity index (χ1v) is 7.24. The molecule has 1 aromatic heterocycles. The standard InChI is InChI=1S/C18H15ClN2O/c1-2-21-17(12-13-20-21)18(22,14-6-4-3-5-7-14)15-8-10-16(19)11-9-15/h2-13,22H,1H2. The fourth-order valence-electron chi connectivity index (χ4n) is 2.58. The molecule has 4 heteroatoms. The molecule has 0 spiro atoms. The summed E-state index contributed by atoms with van der Waals surface area (Å²) in [4.78, 5) is 0. The normalized spacial score (nSPS) is 13.5. The minimum atomic E-state index is -1.34. The third-order valence-electron chi connectivity index (χ3n) is 3.67. The highest BCUT2D eigenvalue weighted by Gasteiger charge is 2.36. The van der Waals surface area contributed by atoms with Crippen LogP contribution in [0.1, 0.15) is 16.8 Å². The Morgan fingerprint density at radius 2 is 1.64 bits per heavy atom. The van der Waals surface area contributed by atoms with Crippen LogP contribution in [0.2, 0.25) is 5.02 Å². The zero-order chi connectivity index (χ0) is 15.6. The van der Waals surface area contributed by atoms with Crippen LogP contribution >= 0.6 is 11.6 Å². The van der Waals surface area contributed by atoms with Crippen LogP contribution in [0, 0.1) is 0 Å². The molecule has 0 saturated carbocycles. The molecule has 0 radical (unpaired) electrons. The number of benzene rings is 2. The van der Waals surface area contributed by atoms with Gasteiger partial charge >= 0.3 is 0 Å². The van der Waals surface area contributed by atoms with E-state index in [-0.39, 0.29) is 0 Å². The van der Waals surface area contributed by atoms with E-state index in [1.807, 2.05) is 42.5 Å². The van der Waals surface area contributed by atoms with Crippen LogP contribution in [0.5, 0.6) is 0 Å². The Balaban J connectivity index is 2.27. The molecule has 0 amide bonds. The number of rotatable bonds is 4. The lowest BCUT2D eigenvalue weighted by Gasteiger charge is -2.29. The molecule has 3 rings (SSSR count). The summed E-state index contributed by atoms with van der Waals surface area (Å²) >= 11 is 5.98. The number of hydrogen-bond acceptors (Lipinski definition) is 2. The summed E-state index contributed by atoms with van der Waals surface area (Å²) < 4.78 is 1.57. The quantitative estimate of drug-likeness (QED) is 0.793. The predicted octanol–water partition coefficient (Wildman–Crippen LogP) is 3.92. The van der Waals surface area contributed by atoms with Crippen LogP contribution in [-0.2, 0) is 5.60 Å². The van der Waals surface area contributed by atoms with Gasteiger partial charge in [-0.25, -0.2) is 4.68 Å². The van der Waals surface area contributed by atoms with Crippen molar-refractivity contribution in [2.45, 2.75) is 5.60 Å². The first kappa shape index (κ1) is 14.6. The van der Waals surface area contributed by atoms with E-state index in [4.69, 9.17) is 11.6 Å². The van der Waals surface area contributed by atoms with Gasteiger partial charge in [0.05, 0.1) is 5.69 Å². The van der Waals surface area contributed by atoms with E-state index in [0.29, 0.717) is 16.3 Å². The van der Waals surface area contributed by atoms with Gasteiger partial charge in [0.25, 0.3) is 0 Å². The van der Waals surface area contributed by atoms with Crippen LogP contribution in [-0.4, -0.2) is 14.9 Å². The second-order valence-corrected chi connectivity index (χ2v) is 5.36. The summed E-state index contributed by atoms with van der Waals surface area (Å²) in [5, 5.41) is 16.4. The van der Waals surface area contributed by atoms with Crippen molar-refractivity contribution in [2.75, 3.05) is 0 Å². The zero-order valence-corrected chi connectivity index (χ0v) is 12.6. The van der Waals surface area contributed by atoms with Crippen LogP contribution < -0.4 is 0 Å². The molecule has 0 fully saturated rings. The van der Waals surface area contributed by atoms with Crippen molar-refractivity contribution >= 4 is 17.8 Å². The van der Waals surface area contributed by atoms with Crippen LogP contribution in [0.4, 0.5) is 0 Å². The molecule has 0 aliphatic rings. The number of aromatic nitrogens is 2. The van der Waals surface area contributed by atoms with Gasteiger partial charge in [0, 0.05) is 17.4 Å². The van der Waals surface area contributed by atoms with Gasteiger partial charge in [-0.05, 0) is 29.3 Å². The largest absolute Gasteiger partial charge is 0.374 e. The fourth-order valence-corrected chi connectivity index (χ4v) is 2.71. The highest BCUT2D eigenvalue weighted by Crippen LogP contribution is 2.36. The second-order valence-electron chi connectivity index (χ2n) is 4.93. The van der Waals surface area contributed by atoms with Gasteiger partial charge in [-0.15, -0.1) is 0 Å². The van der Waals surface area contributed by atoms with Gasteiger partial charge in [0.15, 0.2) is 5.60 Å². The molecule has 22 heavy (non-hydrogen) atoms. The van der Waals surface area contributed by atoms with E-state index >= 15 is 0 Å². The van der Waals surface area contributed by atoms with Crippen molar-refractivity contribution in [3.8, 4) is 0 Å². The molecule has 0 saturated heterocycles. The average Bonchev–Trinajstić information content (AvgIpc) is 3.05. The minimum Gasteiger partial charge on any atom is -0.374 e. The zero-order valence-electron chi connectivity index (χ0n) is 11.9. The van der Waals surface area contributed by atoms with Gasteiger partial charge in [0.2, 0.25) is 0 Å². The van der Waals surface area contributed by atoms with Gasteiger partial charge in [0.1, 0.15) is 0 Å².